The van der Waals surface area contributed by atoms with Gasteiger partial charge in [0.25, 0.3) is 0 Å². The highest BCUT2D eigenvalue weighted by molar-refractivity contribution is 6.27. The summed E-state index contributed by atoms with van der Waals surface area (Å²) in [5.41, 5.74) is 0.516. The van der Waals surface area contributed by atoms with Crippen LogP contribution in [0.25, 0.3) is 0 Å². The van der Waals surface area contributed by atoms with Gasteiger partial charge in [0, 0.05) is 19.3 Å². The van der Waals surface area contributed by atoms with Crippen LogP contribution in [-0.2, 0) is 9.53 Å². The third-order valence-electron chi connectivity index (χ3n) is 3.16. The summed E-state index contributed by atoms with van der Waals surface area (Å²) in [5.74, 6) is -0.537. The lowest BCUT2D eigenvalue weighted by molar-refractivity contribution is -0.130. The SMILES string of the molecule is O=C1Oc2ccccc2C(=O)/C1=C\N1CCOCC1. The molecule has 2 aliphatic heterocycles. The molecule has 5 nitrogen and oxygen atoms in total. The molecule has 1 aromatic carbocycles. The molecule has 5 heteroatoms. The summed E-state index contributed by atoms with van der Waals surface area (Å²) in [6, 6.07) is 6.77. The zero-order chi connectivity index (χ0) is 13.2. The van der Waals surface area contributed by atoms with Crippen molar-refractivity contribution in [1.82, 2.24) is 4.90 Å². The Morgan fingerprint density at radius 3 is 2.63 bits per heavy atom. The highest BCUT2D eigenvalue weighted by atomic mass is 16.5. The first-order valence-corrected chi connectivity index (χ1v) is 6.15. The smallest absolute Gasteiger partial charge is 0.349 e. The first-order valence-electron chi connectivity index (χ1n) is 6.15. The van der Waals surface area contributed by atoms with Gasteiger partial charge in [-0.05, 0) is 12.1 Å². The zero-order valence-electron chi connectivity index (χ0n) is 10.3. The van der Waals surface area contributed by atoms with Crippen molar-refractivity contribution in [2.24, 2.45) is 0 Å². The molecule has 0 saturated carbocycles. The molecule has 0 aromatic heterocycles. The Balaban J connectivity index is 1.92. The number of esters is 1. The van der Waals surface area contributed by atoms with E-state index in [1.54, 1.807) is 30.5 Å². The minimum Gasteiger partial charge on any atom is -0.422 e. The molecular formula is C14H13NO4. The fourth-order valence-electron chi connectivity index (χ4n) is 2.14. The van der Waals surface area contributed by atoms with Crippen molar-refractivity contribution in [2.45, 2.75) is 0 Å². The first kappa shape index (κ1) is 11.9. The number of ketones is 1. The van der Waals surface area contributed by atoms with Crippen LogP contribution in [0.15, 0.2) is 36.0 Å². The van der Waals surface area contributed by atoms with E-state index in [9.17, 15) is 9.59 Å². The Labute approximate surface area is 110 Å². The highest BCUT2D eigenvalue weighted by Gasteiger charge is 2.31. The number of benzene rings is 1. The van der Waals surface area contributed by atoms with Gasteiger partial charge >= 0.3 is 5.97 Å². The van der Waals surface area contributed by atoms with Crippen molar-refractivity contribution >= 4 is 11.8 Å². The fourth-order valence-corrected chi connectivity index (χ4v) is 2.14. The lowest BCUT2D eigenvalue weighted by atomic mass is 10.0. The van der Waals surface area contributed by atoms with E-state index in [2.05, 4.69) is 0 Å². The van der Waals surface area contributed by atoms with Gasteiger partial charge in [-0.3, -0.25) is 4.79 Å². The van der Waals surface area contributed by atoms with Crippen LogP contribution >= 0.6 is 0 Å². The van der Waals surface area contributed by atoms with Gasteiger partial charge in [-0.2, -0.15) is 0 Å². The molecule has 19 heavy (non-hydrogen) atoms. The normalized spacial score (nSPS) is 21.3. The first-order chi connectivity index (χ1) is 9.25. The number of ether oxygens (including phenoxy) is 2. The third-order valence-corrected chi connectivity index (χ3v) is 3.16. The van der Waals surface area contributed by atoms with Crippen LogP contribution in [0.2, 0.25) is 0 Å². The number of para-hydroxylation sites is 1. The Bertz CT molecular complexity index is 558. The summed E-state index contributed by atoms with van der Waals surface area (Å²) < 4.78 is 10.4. The van der Waals surface area contributed by atoms with E-state index < -0.39 is 5.97 Å². The number of carbonyl (C=O) groups is 2. The molecule has 2 aliphatic rings. The molecule has 1 fully saturated rings. The van der Waals surface area contributed by atoms with Gasteiger partial charge in [0.15, 0.2) is 0 Å². The molecule has 2 heterocycles. The Morgan fingerprint density at radius 1 is 1.11 bits per heavy atom. The van der Waals surface area contributed by atoms with Crippen molar-refractivity contribution < 1.29 is 19.1 Å². The van der Waals surface area contributed by atoms with Crippen LogP contribution in [0, 0.1) is 0 Å². The van der Waals surface area contributed by atoms with E-state index in [1.165, 1.54) is 0 Å². The summed E-state index contributed by atoms with van der Waals surface area (Å²) in [6.45, 7) is 2.55. The van der Waals surface area contributed by atoms with Crippen LogP contribution < -0.4 is 4.74 Å². The van der Waals surface area contributed by atoms with Crippen molar-refractivity contribution in [3.05, 3.63) is 41.6 Å². The van der Waals surface area contributed by atoms with Gasteiger partial charge in [0.05, 0.1) is 18.8 Å². The Hall–Kier alpha value is -2.14. The summed E-state index contributed by atoms with van der Waals surface area (Å²) >= 11 is 0. The molecule has 0 N–H and O–H groups in total. The second-order valence-corrected chi connectivity index (χ2v) is 4.41. The maximum Gasteiger partial charge on any atom is 0.349 e. The molecule has 3 rings (SSSR count). The number of rotatable bonds is 1. The quantitative estimate of drug-likeness (QED) is 0.326. The molecule has 0 amide bonds. The van der Waals surface area contributed by atoms with Crippen LogP contribution in [0.1, 0.15) is 10.4 Å². The molecule has 1 aromatic rings. The second-order valence-electron chi connectivity index (χ2n) is 4.41. The van der Waals surface area contributed by atoms with E-state index in [-0.39, 0.29) is 11.4 Å². The van der Waals surface area contributed by atoms with E-state index in [1.807, 2.05) is 4.90 Å². The molecule has 0 spiro atoms. The lowest BCUT2D eigenvalue weighted by Gasteiger charge is -2.26. The Morgan fingerprint density at radius 2 is 1.84 bits per heavy atom. The number of hydrogen-bond acceptors (Lipinski definition) is 5. The number of hydrogen-bond donors (Lipinski definition) is 0. The highest BCUT2D eigenvalue weighted by Crippen LogP contribution is 2.27. The number of fused-ring (bicyclic) bond motifs is 1. The predicted octanol–water partition coefficient (Wildman–Crippen LogP) is 1.00. The van der Waals surface area contributed by atoms with Crippen molar-refractivity contribution in [1.29, 1.82) is 0 Å². The Kier molecular flexibility index (Phi) is 3.05. The van der Waals surface area contributed by atoms with E-state index in [0.717, 1.165) is 0 Å². The van der Waals surface area contributed by atoms with Crippen molar-refractivity contribution in [3.8, 4) is 5.75 Å². The summed E-state index contributed by atoms with van der Waals surface area (Å²) in [4.78, 5) is 26.1. The fraction of sp³-hybridized carbons (Fsp3) is 0.286. The third kappa shape index (κ3) is 2.24. The molecule has 0 radical (unpaired) electrons. The number of carbonyl (C=O) groups excluding carboxylic acids is 2. The van der Waals surface area contributed by atoms with Crippen LogP contribution in [0.3, 0.4) is 0 Å². The molecule has 0 bridgehead atoms. The van der Waals surface area contributed by atoms with Crippen molar-refractivity contribution in [2.75, 3.05) is 26.3 Å². The van der Waals surface area contributed by atoms with E-state index in [0.29, 0.717) is 37.6 Å². The topological polar surface area (TPSA) is 55.8 Å². The van der Waals surface area contributed by atoms with Crippen LogP contribution in [0.5, 0.6) is 5.75 Å². The van der Waals surface area contributed by atoms with Crippen molar-refractivity contribution in [3.63, 3.8) is 0 Å². The maximum absolute atomic E-state index is 12.3. The van der Waals surface area contributed by atoms with Gasteiger partial charge < -0.3 is 14.4 Å². The monoisotopic (exact) mass is 259 g/mol. The van der Waals surface area contributed by atoms with Gasteiger partial charge in [-0.1, -0.05) is 12.1 Å². The molecular weight excluding hydrogens is 246 g/mol. The summed E-state index contributed by atoms with van der Waals surface area (Å²) in [7, 11) is 0. The molecule has 98 valence electrons. The van der Waals surface area contributed by atoms with E-state index >= 15 is 0 Å². The lowest BCUT2D eigenvalue weighted by Crippen LogP contribution is -2.35. The maximum atomic E-state index is 12.3. The van der Waals surface area contributed by atoms with Crippen LogP contribution in [0.4, 0.5) is 0 Å². The molecule has 0 atom stereocenters. The second kappa shape index (κ2) is 4.85. The largest absolute Gasteiger partial charge is 0.422 e. The minimum absolute atomic E-state index is 0.0839. The zero-order valence-corrected chi connectivity index (χ0v) is 10.3. The van der Waals surface area contributed by atoms with Gasteiger partial charge in [-0.25, -0.2) is 4.79 Å². The summed E-state index contributed by atoms with van der Waals surface area (Å²) in [6.07, 6.45) is 1.59. The molecule has 1 saturated heterocycles. The predicted molar refractivity (Wildman–Crippen MR) is 66.9 cm³/mol. The van der Waals surface area contributed by atoms with Gasteiger partial charge in [0.2, 0.25) is 5.78 Å². The number of Topliss-reactive ketones (excluding diaryl/α,β-unsaturated/α-hetero) is 1. The molecule has 0 aliphatic carbocycles. The minimum atomic E-state index is -0.588. The number of nitrogens with zero attached hydrogens (tertiary/aromatic N) is 1. The van der Waals surface area contributed by atoms with Gasteiger partial charge in [0.1, 0.15) is 11.3 Å². The summed E-state index contributed by atoms with van der Waals surface area (Å²) in [5, 5.41) is 0. The average Bonchev–Trinajstić information content (AvgIpc) is 2.45. The van der Waals surface area contributed by atoms with Crippen LogP contribution in [-0.4, -0.2) is 43.0 Å². The van der Waals surface area contributed by atoms with E-state index in [4.69, 9.17) is 9.47 Å². The molecule has 0 unspecified atom stereocenters. The standard InChI is InChI=1S/C14H13NO4/c16-13-10-3-1-2-4-12(10)19-14(17)11(13)9-15-5-7-18-8-6-15/h1-4,9H,5-8H2/b11-9+. The number of morpholine rings is 1. The van der Waals surface area contributed by atoms with Gasteiger partial charge in [-0.15, -0.1) is 0 Å². The average molecular weight is 259 g/mol.